The van der Waals surface area contributed by atoms with Crippen LogP contribution in [-0.4, -0.2) is 31.1 Å². The Morgan fingerprint density at radius 1 is 1.00 bits per heavy atom. The molecule has 0 aliphatic heterocycles. The van der Waals surface area contributed by atoms with Crippen LogP contribution in [0.1, 0.15) is 44.0 Å². The van der Waals surface area contributed by atoms with E-state index in [1.807, 2.05) is 47.6 Å². The summed E-state index contributed by atoms with van der Waals surface area (Å²) < 4.78 is 1.72. The predicted molar refractivity (Wildman–Crippen MR) is 101 cm³/mol. The number of nitrogens with zero attached hydrogens (tertiary/aromatic N) is 4. The van der Waals surface area contributed by atoms with Crippen molar-refractivity contribution in [2.45, 2.75) is 46.7 Å². The summed E-state index contributed by atoms with van der Waals surface area (Å²) in [6.07, 6.45) is 0. The van der Waals surface area contributed by atoms with Gasteiger partial charge in [-0.3, -0.25) is 4.79 Å². The van der Waals surface area contributed by atoms with E-state index in [9.17, 15) is 4.79 Å². The van der Waals surface area contributed by atoms with Crippen LogP contribution in [0.2, 0.25) is 0 Å². The van der Waals surface area contributed by atoms with E-state index in [0.717, 1.165) is 39.2 Å². The first-order chi connectivity index (χ1) is 11.8. The Morgan fingerprint density at radius 2 is 1.64 bits per heavy atom. The number of ketones is 1. The molecule has 0 amide bonds. The Balaban J connectivity index is 1.85. The van der Waals surface area contributed by atoms with Gasteiger partial charge in [0, 0.05) is 17.0 Å². The molecule has 0 unspecified atom stereocenters. The van der Waals surface area contributed by atoms with Crippen molar-refractivity contribution >= 4 is 23.3 Å². The van der Waals surface area contributed by atoms with Gasteiger partial charge in [0.1, 0.15) is 0 Å². The van der Waals surface area contributed by atoms with Gasteiger partial charge in [0.25, 0.3) is 5.78 Å². The lowest BCUT2D eigenvalue weighted by molar-refractivity contribution is 0.102. The van der Waals surface area contributed by atoms with Gasteiger partial charge >= 0.3 is 0 Å². The van der Waals surface area contributed by atoms with Crippen molar-refractivity contribution in [1.29, 1.82) is 0 Å². The minimum absolute atomic E-state index is 0.117. The molecule has 3 rings (SSSR count). The number of carbonyl (C=O) groups excluding carboxylic acids is 1. The zero-order chi connectivity index (χ0) is 18.3. The number of benzene rings is 1. The molecule has 0 bridgehead atoms. The van der Waals surface area contributed by atoms with E-state index in [2.05, 4.69) is 21.1 Å². The van der Waals surface area contributed by atoms with Crippen molar-refractivity contribution in [3.8, 4) is 0 Å². The molecule has 5 nitrogen and oxygen atoms in total. The first kappa shape index (κ1) is 17.6. The summed E-state index contributed by atoms with van der Waals surface area (Å²) in [5.74, 6) is 1.01. The lowest BCUT2D eigenvalue weighted by Gasteiger charge is -2.13. The predicted octanol–water partition coefficient (Wildman–Crippen LogP) is 3.95. The molecule has 130 valence electrons. The maximum absolute atomic E-state index is 12.8. The summed E-state index contributed by atoms with van der Waals surface area (Å²) in [6.45, 7) is 12.0. The molecule has 25 heavy (non-hydrogen) atoms. The molecule has 0 saturated heterocycles. The third kappa shape index (κ3) is 3.31. The third-order valence-corrected chi connectivity index (χ3v) is 5.41. The Hall–Kier alpha value is -2.21. The lowest BCUT2D eigenvalue weighted by atomic mass is 9.92. The van der Waals surface area contributed by atoms with Gasteiger partial charge in [0.2, 0.25) is 5.16 Å². The number of aryl methyl sites for hydroxylation is 4. The second-order valence-corrected chi connectivity index (χ2v) is 7.43. The van der Waals surface area contributed by atoms with E-state index >= 15 is 0 Å². The van der Waals surface area contributed by atoms with Crippen molar-refractivity contribution in [3.05, 3.63) is 51.3 Å². The summed E-state index contributed by atoms with van der Waals surface area (Å²) in [5, 5.41) is 5.03. The van der Waals surface area contributed by atoms with E-state index in [4.69, 9.17) is 0 Å². The van der Waals surface area contributed by atoms with Gasteiger partial charge in [-0.05, 0) is 69.9 Å². The molecular weight excluding hydrogens is 332 g/mol. The Labute approximate surface area is 151 Å². The van der Waals surface area contributed by atoms with E-state index in [-0.39, 0.29) is 5.78 Å². The van der Waals surface area contributed by atoms with Gasteiger partial charge in [-0.15, -0.1) is 5.10 Å². The van der Waals surface area contributed by atoms with Crippen molar-refractivity contribution in [2.75, 3.05) is 5.75 Å². The van der Waals surface area contributed by atoms with Crippen molar-refractivity contribution < 1.29 is 4.79 Å². The van der Waals surface area contributed by atoms with Gasteiger partial charge in [-0.1, -0.05) is 17.8 Å². The first-order valence-electron chi connectivity index (χ1n) is 8.22. The number of fused-ring (bicyclic) bond motifs is 1. The maximum atomic E-state index is 12.8. The quantitative estimate of drug-likeness (QED) is 0.524. The van der Waals surface area contributed by atoms with E-state index in [0.29, 0.717) is 16.7 Å². The number of hydrogen-bond donors (Lipinski definition) is 0. The number of aromatic nitrogens is 4. The second-order valence-electron chi connectivity index (χ2n) is 6.49. The fraction of sp³-hybridized carbons (Fsp3) is 0.368. The number of rotatable bonds is 4. The second kappa shape index (κ2) is 6.59. The average molecular weight is 354 g/mol. The highest BCUT2D eigenvalue weighted by Crippen LogP contribution is 2.24. The molecule has 0 aliphatic carbocycles. The average Bonchev–Trinajstić information content (AvgIpc) is 2.94. The van der Waals surface area contributed by atoms with Gasteiger partial charge < -0.3 is 0 Å². The van der Waals surface area contributed by atoms with Crippen LogP contribution >= 0.6 is 11.8 Å². The smallest absolute Gasteiger partial charge is 0.253 e. The largest absolute Gasteiger partial charge is 0.293 e. The normalized spacial score (nSPS) is 11.3. The van der Waals surface area contributed by atoms with Crippen LogP contribution < -0.4 is 0 Å². The Kier molecular flexibility index (Phi) is 4.64. The minimum Gasteiger partial charge on any atom is -0.293 e. The number of thioether (sulfide) groups is 1. The van der Waals surface area contributed by atoms with Crippen LogP contribution in [0.3, 0.4) is 0 Å². The van der Waals surface area contributed by atoms with Crippen molar-refractivity contribution in [3.63, 3.8) is 0 Å². The zero-order valence-corrected chi connectivity index (χ0v) is 16.3. The molecule has 0 radical (unpaired) electrons. The van der Waals surface area contributed by atoms with Crippen molar-refractivity contribution in [1.82, 2.24) is 19.6 Å². The summed E-state index contributed by atoms with van der Waals surface area (Å²) >= 11 is 1.36. The number of carbonyl (C=O) groups is 1. The maximum Gasteiger partial charge on any atom is 0.253 e. The van der Waals surface area contributed by atoms with Gasteiger partial charge in [0.15, 0.2) is 5.78 Å². The van der Waals surface area contributed by atoms with Crippen LogP contribution in [0.15, 0.2) is 17.3 Å². The van der Waals surface area contributed by atoms with Gasteiger partial charge in [-0.25, -0.2) is 9.50 Å². The molecule has 2 heterocycles. The Bertz CT molecular complexity index is 965. The molecule has 0 spiro atoms. The molecular formula is C19H22N4OS. The van der Waals surface area contributed by atoms with Crippen LogP contribution in [0, 0.1) is 41.5 Å². The van der Waals surface area contributed by atoms with Gasteiger partial charge in [-0.2, -0.15) is 4.98 Å². The van der Waals surface area contributed by atoms with Gasteiger partial charge in [0.05, 0.1) is 5.75 Å². The minimum atomic E-state index is 0.117. The highest BCUT2D eigenvalue weighted by Gasteiger charge is 2.17. The van der Waals surface area contributed by atoms with Crippen LogP contribution in [-0.2, 0) is 0 Å². The van der Waals surface area contributed by atoms with E-state index in [1.54, 1.807) is 4.52 Å². The molecule has 0 aliphatic rings. The number of Topliss-reactive ketones (excluding diaryl/α,β-unsaturated/α-hetero) is 1. The molecule has 1 aromatic carbocycles. The summed E-state index contributed by atoms with van der Waals surface area (Å²) in [7, 11) is 0. The lowest BCUT2D eigenvalue weighted by Crippen LogP contribution is -2.10. The SMILES string of the molecule is Cc1cc(C)n2nc(SCC(=O)c3c(C)c(C)cc(C)c3C)nc2n1. The molecule has 0 saturated carbocycles. The van der Waals surface area contributed by atoms with Crippen LogP contribution in [0.5, 0.6) is 0 Å². The first-order valence-corrected chi connectivity index (χ1v) is 9.21. The molecule has 6 heteroatoms. The number of hydrogen-bond acceptors (Lipinski definition) is 5. The highest BCUT2D eigenvalue weighted by atomic mass is 32.2. The third-order valence-electron chi connectivity index (χ3n) is 4.58. The molecule has 0 fully saturated rings. The van der Waals surface area contributed by atoms with Crippen molar-refractivity contribution in [2.24, 2.45) is 0 Å². The standard InChI is InChI=1S/C19H22N4OS/c1-10-7-11(2)15(6)17(14(10)5)16(24)9-25-19-21-18-20-12(3)8-13(4)23(18)22-19/h7-8H,9H2,1-6H3. The summed E-state index contributed by atoms with van der Waals surface area (Å²) in [6, 6.07) is 4.10. The molecule has 0 N–H and O–H groups in total. The van der Waals surface area contributed by atoms with Crippen LogP contribution in [0.4, 0.5) is 0 Å². The summed E-state index contributed by atoms with van der Waals surface area (Å²) in [5.41, 5.74) is 7.14. The van der Waals surface area contributed by atoms with E-state index < -0.39 is 0 Å². The monoisotopic (exact) mass is 354 g/mol. The molecule has 2 aromatic heterocycles. The van der Waals surface area contributed by atoms with Crippen LogP contribution in [0.25, 0.3) is 5.78 Å². The zero-order valence-electron chi connectivity index (χ0n) is 15.5. The van der Waals surface area contributed by atoms with E-state index in [1.165, 1.54) is 11.8 Å². The topological polar surface area (TPSA) is 60.2 Å². The molecule has 3 aromatic rings. The fourth-order valence-corrected chi connectivity index (χ4v) is 3.74. The molecule has 0 atom stereocenters. The Morgan fingerprint density at radius 3 is 2.28 bits per heavy atom. The highest BCUT2D eigenvalue weighted by molar-refractivity contribution is 7.99. The summed E-state index contributed by atoms with van der Waals surface area (Å²) in [4.78, 5) is 21.6. The fourth-order valence-electron chi connectivity index (χ4n) is 3.05.